The largest absolute Gasteiger partial charge is 0.409 e. The molecule has 4 N–H and O–H groups in total. The molecular weight excluding hydrogens is 249 g/mol. The van der Waals surface area contributed by atoms with E-state index >= 15 is 0 Å². The average molecular weight is 267 g/mol. The lowest BCUT2D eigenvalue weighted by Crippen LogP contribution is -2.25. The van der Waals surface area contributed by atoms with Crippen LogP contribution in [0.1, 0.15) is 35.2 Å². The van der Waals surface area contributed by atoms with E-state index in [1.54, 1.807) is 13.0 Å². The van der Waals surface area contributed by atoms with Gasteiger partial charge in [0.25, 0.3) is 5.91 Å². The maximum Gasteiger partial charge on any atom is 0.254 e. The maximum atomic E-state index is 13.5. The number of nitrogens with one attached hydrogen (secondary N) is 1. The van der Waals surface area contributed by atoms with Gasteiger partial charge in [-0.3, -0.25) is 4.79 Å². The highest BCUT2D eigenvalue weighted by molar-refractivity contribution is 5.94. The quantitative estimate of drug-likeness (QED) is 0.241. The molecule has 1 amide bonds. The molecule has 0 aromatic heterocycles. The first kappa shape index (κ1) is 14.9. The Morgan fingerprint density at radius 2 is 2.21 bits per heavy atom. The van der Waals surface area contributed by atoms with E-state index in [1.807, 2.05) is 0 Å². The molecule has 5 nitrogen and oxygen atoms in total. The summed E-state index contributed by atoms with van der Waals surface area (Å²) in [5, 5.41) is 13.8. The Balaban J connectivity index is 2.35. The number of amides is 1. The molecule has 6 heteroatoms. The summed E-state index contributed by atoms with van der Waals surface area (Å²) >= 11 is 0. The standard InChI is InChI=1S/C13H18FN3O2/c1-9-5-6-10(11(14)8-9)13(18)16-7-3-2-4-12(15)17-19/h5-6,8,19H,2-4,7H2,1H3,(H2,15,17)(H,16,18). The van der Waals surface area contributed by atoms with E-state index in [2.05, 4.69) is 10.5 Å². The van der Waals surface area contributed by atoms with Crippen LogP contribution in [-0.2, 0) is 0 Å². The predicted octanol–water partition coefficient (Wildman–Crippen LogP) is 1.78. The first-order valence-corrected chi connectivity index (χ1v) is 6.05. The van der Waals surface area contributed by atoms with E-state index in [9.17, 15) is 9.18 Å². The van der Waals surface area contributed by atoms with Gasteiger partial charge in [-0.15, -0.1) is 0 Å². The van der Waals surface area contributed by atoms with Crippen LogP contribution >= 0.6 is 0 Å². The number of rotatable bonds is 6. The van der Waals surface area contributed by atoms with Gasteiger partial charge in [0.1, 0.15) is 11.7 Å². The zero-order chi connectivity index (χ0) is 14.3. The predicted molar refractivity (Wildman–Crippen MR) is 70.7 cm³/mol. The summed E-state index contributed by atoms with van der Waals surface area (Å²) < 4.78 is 13.5. The molecule has 0 saturated carbocycles. The number of hydrogen-bond acceptors (Lipinski definition) is 3. The van der Waals surface area contributed by atoms with Crippen molar-refractivity contribution in [3.8, 4) is 0 Å². The molecular formula is C13H18FN3O2. The molecule has 0 heterocycles. The van der Waals surface area contributed by atoms with Gasteiger partial charge in [0.15, 0.2) is 0 Å². The fourth-order valence-electron chi connectivity index (χ4n) is 1.58. The third kappa shape index (κ3) is 4.95. The van der Waals surface area contributed by atoms with Crippen molar-refractivity contribution in [1.29, 1.82) is 0 Å². The second kappa shape index (κ2) is 7.35. The van der Waals surface area contributed by atoms with Crippen LogP contribution in [0.25, 0.3) is 0 Å². The summed E-state index contributed by atoms with van der Waals surface area (Å²) in [7, 11) is 0. The Labute approximate surface area is 111 Å². The van der Waals surface area contributed by atoms with E-state index in [0.717, 1.165) is 5.56 Å². The Bertz CT molecular complexity index is 475. The minimum atomic E-state index is -0.519. The molecule has 1 aromatic rings. The number of nitrogens with zero attached hydrogens (tertiary/aromatic N) is 1. The highest BCUT2D eigenvalue weighted by atomic mass is 19.1. The summed E-state index contributed by atoms with van der Waals surface area (Å²) in [6.07, 6.45) is 1.83. The van der Waals surface area contributed by atoms with E-state index in [1.165, 1.54) is 12.1 Å². The number of nitrogens with two attached hydrogens (primary N) is 1. The second-order valence-corrected chi connectivity index (χ2v) is 4.29. The highest BCUT2D eigenvalue weighted by Gasteiger charge is 2.10. The average Bonchev–Trinajstić information content (AvgIpc) is 2.37. The van der Waals surface area contributed by atoms with Crippen molar-refractivity contribution in [2.75, 3.05) is 6.54 Å². The molecule has 0 aliphatic rings. The van der Waals surface area contributed by atoms with Crippen LogP contribution in [0, 0.1) is 12.7 Å². The number of amidine groups is 1. The van der Waals surface area contributed by atoms with Gasteiger partial charge in [-0.2, -0.15) is 0 Å². The molecule has 1 rings (SSSR count). The van der Waals surface area contributed by atoms with Crippen LogP contribution in [0.5, 0.6) is 0 Å². The molecule has 0 radical (unpaired) electrons. The van der Waals surface area contributed by atoms with Gasteiger partial charge in [0, 0.05) is 13.0 Å². The molecule has 19 heavy (non-hydrogen) atoms. The smallest absolute Gasteiger partial charge is 0.254 e. The van der Waals surface area contributed by atoms with Gasteiger partial charge in [-0.25, -0.2) is 4.39 Å². The van der Waals surface area contributed by atoms with Crippen LogP contribution in [0.2, 0.25) is 0 Å². The minimum Gasteiger partial charge on any atom is -0.409 e. The van der Waals surface area contributed by atoms with E-state index in [-0.39, 0.29) is 11.4 Å². The van der Waals surface area contributed by atoms with Crippen LogP contribution < -0.4 is 11.1 Å². The van der Waals surface area contributed by atoms with Crippen molar-refractivity contribution in [1.82, 2.24) is 5.32 Å². The Hall–Kier alpha value is -2.11. The lowest BCUT2D eigenvalue weighted by molar-refractivity contribution is 0.0949. The number of hydrogen-bond donors (Lipinski definition) is 3. The summed E-state index contributed by atoms with van der Waals surface area (Å²) in [5.74, 6) is -0.786. The third-order valence-electron chi connectivity index (χ3n) is 2.64. The molecule has 0 bridgehead atoms. The number of oxime groups is 1. The van der Waals surface area contributed by atoms with Crippen molar-refractivity contribution in [3.05, 3.63) is 35.1 Å². The third-order valence-corrected chi connectivity index (χ3v) is 2.64. The van der Waals surface area contributed by atoms with E-state index < -0.39 is 11.7 Å². The van der Waals surface area contributed by atoms with Gasteiger partial charge in [0.2, 0.25) is 0 Å². The summed E-state index contributed by atoms with van der Waals surface area (Å²) in [4.78, 5) is 11.7. The Morgan fingerprint density at radius 1 is 1.47 bits per heavy atom. The van der Waals surface area contributed by atoms with E-state index in [4.69, 9.17) is 10.9 Å². The minimum absolute atomic E-state index is 0.0436. The molecule has 104 valence electrons. The lowest BCUT2D eigenvalue weighted by Gasteiger charge is -2.06. The number of unbranched alkanes of at least 4 members (excludes halogenated alkanes) is 1. The first-order valence-electron chi connectivity index (χ1n) is 6.05. The fourth-order valence-corrected chi connectivity index (χ4v) is 1.58. The monoisotopic (exact) mass is 267 g/mol. The number of benzene rings is 1. The van der Waals surface area contributed by atoms with Gasteiger partial charge in [-0.05, 0) is 37.5 Å². The topological polar surface area (TPSA) is 87.7 Å². The Morgan fingerprint density at radius 3 is 2.84 bits per heavy atom. The van der Waals surface area contributed by atoms with Gasteiger partial charge in [-0.1, -0.05) is 11.2 Å². The SMILES string of the molecule is Cc1ccc(C(=O)NCCCCC(N)=NO)c(F)c1. The van der Waals surface area contributed by atoms with Crippen LogP contribution in [0.3, 0.4) is 0 Å². The second-order valence-electron chi connectivity index (χ2n) is 4.29. The number of carbonyl (C=O) groups excluding carboxylic acids is 1. The van der Waals surface area contributed by atoms with Crippen molar-refractivity contribution in [2.45, 2.75) is 26.2 Å². The van der Waals surface area contributed by atoms with Gasteiger partial charge in [0.05, 0.1) is 5.56 Å². The number of halogens is 1. The van der Waals surface area contributed by atoms with E-state index in [0.29, 0.717) is 25.8 Å². The molecule has 0 aliphatic heterocycles. The van der Waals surface area contributed by atoms with Crippen molar-refractivity contribution < 1.29 is 14.4 Å². The van der Waals surface area contributed by atoms with Crippen LogP contribution in [0.4, 0.5) is 4.39 Å². The zero-order valence-electron chi connectivity index (χ0n) is 10.8. The maximum absolute atomic E-state index is 13.5. The molecule has 1 aromatic carbocycles. The fraction of sp³-hybridized carbons (Fsp3) is 0.385. The van der Waals surface area contributed by atoms with Crippen LogP contribution in [-0.4, -0.2) is 23.5 Å². The molecule has 0 aliphatic carbocycles. The molecule has 0 atom stereocenters. The summed E-state index contributed by atoms with van der Waals surface area (Å²) in [6, 6.07) is 4.49. The molecule has 0 spiro atoms. The summed E-state index contributed by atoms with van der Waals surface area (Å²) in [5.41, 5.74) is 6.12. The Kier molecular flexibility index (Phi) is 5.78. The van der Waals surface area contributed by atoms with Crippen molar-refractivity contribution >= 4 is 11.7 Å². The molecule has 0 saturated heterocycles. The van der Waals surface area contributed by atoms with Crippen molar-refractivity contribution in [3.63, 3.8) is 0 Å². The van der Waals surface area contributed by atoms with Gasteiger partial charge >= 0.3 is 0 Å². The van der Waals surface area contributed by atoms with Crippen LogP contribution in [0.15, 0.2) is 23.4 Å². The molecule has 0 unspecified atom stereocenters. The lowest BCUT2D eigenvalue weighted by atomic mass is 10.1. The van der Waals surface area contributed by atoms with Crippen molar-refractivity contribution in [2.24, 2.45) is 10.9 Å². The zero-order valence-corrected chi connectivity index (χ0v) is 10.8. The normalized spacial score (nSPS) is 11.4. The number of carbonyl (C=O) groups is 1. The summed E-state index contributed by atoms with van der Waals surface area (Å²) in [6.45, 7) is 2.18. The molecule has 0 fully saturated rings. The number of aryl methyl sites for hydroxylation is 1. The highest BCUT2D eigenvalue weighted by Crippen LogP contribution is 2.09. The first-order chi connectivity index (χ1) is 9.04. The van der Waals surface area contributed by atoms with Gasteiger partial charge < -0.3 is 16.3 Å².